The molecule has 2 atom stereocenters. The quantitative estimate of drug-likeness (QED) is 0.666. The van der Waals surface area contributed by atoms with Crippen molar-refractivity contribution in [2.75, 3.05) is 19.0 Å². The Morgan fingerprint density at radius 3 is 2.73 bits per heavy atom. The predicted octanol–water partition coefficient (Wildman–Crippen LogP) is 4.25. The molecule has 3 heterocycles. The Labute approximate surface area is 177 Å². The lowest BCUT2D eigenvalue weighted by Crippen LogP contribution is -2.33. The monoisotopic (exact) mass is 401 g/mol. The molecule has 1 saturated heterocycles. The molecule has 2 aromatic heterocycles. The van der Waals surface area contributed by atoms with Crippen molar-refractivity contribution >= 4 is 5.82 Å². The summed E-state index contributed by atoms with van der Waals surface area (Å²) >= 11 is 0. The van der Waals surface area contributed by atoms with Crippen molar-refractivity contribution in [3.05, 3.63) is 66.1 Å². The zero-order valence-electron chi connectivity index (χ0n) is 17.5. The molecule has 0 amide bonds. The molecule has 2 fully saturated rings. The molecule has 6 nitrogen and oxygen atoms in total. The Morgan fingerprint density at radius 2 is 1.97 bits per heavy atom. The molecule has 5 rings (SSSR count). The number of anilines is 1. The lowest BCUT2D eigenvalue weighted by Gasteiger charge is -2.29. The van der Waals surface area contributed by atoms with Crippen LogP contribution in [0.2, 0.25) is 0 Å². The average molecular weight is 402 g/mol. The van der Waals surface area contributed by atoms with Gasteiger partial charge in [-0.3, -0.25) is 9.88 Å². The summed E-state index contributed by atoms with van der Waals surface area (Å²) in [6.45, 7) is 3.11. The van der Waals surface area contributed by atoms with Crippen molar-refractivity contribution < 1.29 is 4.74 Å². The fourth-order valence-corrected chi connectivity index (χ4v) is 4.49. The van der Waals surface area contributed by atoms with Gasteiger partial charge < -0.3 is 10.1 Å². The lowest BCUT2D eigenvalue weighted by molar-refractivity contribution is 0.240. The fourth-order valence-electron chi connectivity index (χ4n) is 4.49. The molecular formula is C24H27N5O. The van der Waals surface area contributed by atoms with E-state index in [1.807, 2.05) is 37.4 Å². The van der Waals surface area contributed by atoms with E-state index in [-0.39, 0.29) is 6.04 Å². The number of nitrogens with one attached hydrogen (secondary N) is 1. The summed E-state index contributed by atoms with van der Waals surface area (Å²) in [6.07, 6.45) is 7.25. The minimum atomic E-state index is 0.286. The van der Waals surface area contributed by atoms with Crippen molar-refractivity contribution in [2.45, 2.75) is 44.3 Å². The van der Waals surface area contributed by atoms with E-state index >= 15 is 0 Å². The molecular weight excluding hydrogens is 374 g/mol. The van der Waals surface area contributed by atoms with Crippen molar-refractivity contribution in [1.82, 2.24) is 19.9 Å². The zero-order chi connectivity index (χ0) is 20.5. The number of benzene rings is 1. The van der Waals surface area contributed by atoms with Crippen molar-refractivity contribution in [1.29, 1.82) is 0 Å². The molecule has 0 radical (unpaired) electrons. The van der Waals surface area contributed by atoms with Crippen LogP contribution in [-0.2, 0) is 0 Å². The number of methoxy groups -OCH3 is 1. The van der Waals surface area contributed by atoms with Gasteiger partial charge in [0.2, 0.25) is 0 Å². The second-order valence-electron chi connectivity index (χ2n) is 8.19. The van der Waals surface area contributed by atoms with Crippen molar-refractivity contribution in [3.63, 3.8) is 0 Å². The van der Waals surface area contributed by atoms with Crippen LogP contribution in [0.5, 0.6) is 5.75 Å². The summed E-state index contributed by atoms with van der Waals surface area (Å²) in [5, 5.41) is 3.74. The molecule has 3 aromatic rings. The van der Waals surface area contributed by atoms with Gasteiger partial charge in [-0.15, -0.1) is 0 Å². The van der Waals surface area contributed by atoms with Gasteiger partial charge in [-0.2, -0.15) is 0 Å². The minimum absolute atomic E-state index is 0.286. The van der Waals surface area contributed by atoms with Crippen LogP contribution >= 0.6 is 0 Å². The van der Waals surface area contributed by atoms with Crippen molar-refractivity contribution in [2.24, 2.45) is 0 Å². The molecule has 1 aliphatic carbocycles. The molecule has 1 N–H and O–H groups in total. The van der Waals surface area contributed by atoms with Gasteiger partial charge in [0, 0.05) is 48.3 Å². The third-order valence-corrected chi connectivity index (χ3v) is 6.00. The van der Waals surface area contributed by atoms with Crippen LogP contribution in [0.1, 0.15) is 36.6 Å². The van der Waals surface area contributed by atoms with Crippen LogP contribution in [0.25, 0.3) is 11.4 Å². The number of aromatic nitrogens is 3. The van der Waals surface area contributed by atoms with Crippen LogP contribution in [0.3, 0.4) is 0 Å². The van der Waals surface area contributed by atoms with Gasteiger partial charge in [-0.25, -0.2) is 9.97 Å². The standard InChI is InChI=1S/C24H27N5O/c1-16-13-22(28-24(26-16)18-6-4-11-25-15-18)27-21-10-12-29(19-8-9-19)23(21)17-5-3-7-20(14-17)30-2/h3-7,11,13-15,19,21,23H,8-10,12H2,1-2H3,(H,26,27,28). The van der Waals surface area contributed by atoms with Crippen LogP contribution in [0.15, 0.2) is 54.9 Å². The Morgan fingerprint density at radius 1 is 1.07 bits per heavy atom. The molecule has 0 bridgehead atoms. The largest absolute Gasteiger partial charge is 0.497 e. The van der Waals surface area contributed by atoms with E-state index in [0.29, 0.717) is 17.9 Å². The zero-order valence-corrected chi connectivity index (χ0v) is 17.5. The van der Waals surface area contributed by atoms with E-state index in [2.05, 4.69) is 38.4 Å². The van der Waals surface area contributed by atoms with Crippen molar-refractivity contribution in [3.8, 4) is 17.1 Å². The SMILES string of the molecule is COc1cccc(C2C(Nc3cc(C)nc(-c4cccnc4)n3)CCN2C2CC2)c1. The van der Waals surface area contributed by atoms with Gasteiger partial charge in [0.25, 0.3) is 0 Å². The second kappa shape index (κ2) is 8.03. The van der Waals surface area contributed by atoms with Crippen LogP contribution in [0.4, 0.5) is 5.82 Å². The van der Waals surface area contributed by atoms with Gasteiger partial charge >= 0.3 is 0 Å². The first kappa shape index (κ1) is 19.0. The Bertz CT molecular complexity index is 1020. The highest BCUT2D eigenvalue weighted by Gasteiger charge is 2.43. The third kappa shape index (κ3) is 3.87. The third-order valence-electron chi connectivity index (χ3n) is 6.00. The number of likely N-dealkylation sites (tertiary alicyclic amines) is 1. The van der Waals surface area contributed by atoms with Gasteiger partial charge in [0.1, 0.15) is 11.6 Å². The maximum Gasteiger partial charge on any atom is 0.163 e. The number of hydrogen-bond donors (Lipinski definition) is 1. The smallest absolute Gasteiger partial charge is 0.163 e. The minimum Gasteiger partial charge on any atom is -0.497 e. The van der Waals surface area contributed by atoms with E-state index in [9.17, 15) is 0 Å². The highest BCUT2D eigenvalue weighted by Crippen LogP contribution is 2.42. The van der Waals surface area contributed by atoms with E-state index in [4.69, 9.17) is 9.72 Å². The first-order valence-electron chi connectivity index (χ1n) is 10.6. The number of hydrogen-bond acceptors (Lipinski definition) is 6. The number of pyridine rings is 1. The number of rotatable bonds is 6. The first-order valence-corrected chi connectivity index (χ1v) is 10.6. The van der Waals surface area contributed by atoms with Crippen LogP contribution in [-0.4, -0.2) is 45.6 Å². The molecule has 2 aliphatic rings. The first-order chi connectivity index (χ1) is 14.7. The summed E-state index contributed by atoms with van der Waals surface area (Å²) < 4.78 is 5.49. The summed E-state index contributed by atoms with van der Waals surface area (Å²) in [5.41, 5.74) is 3.18. The second-order valence-corrected chi connectivity index (χ2v) is 8.19. The van der Waals surface area contributed by atoms with E-state index in [1.54, 1.807) is 13.3 Å². The summed E-state index contributed by atoms with van der Waals surface area (Å²) in [6, 6.07) is 15.7. The molecule has 6 heteroatoms. The summed E-state index contributed by atoms with van der Waals surface area (Å²) in [5.74, 6) is 2.49. The van der Waals surface area contributed by atoms with E-state index < -0.39 is 0 Å². The molecule has 1 aromatic carbocycles. The molecule has 154 valence electrons. The lowest BCUT2D eigenvalue weighted by atomic mass is 9.99. The molecule has 2 unspecified atom stereocenters. The molecule has 0 spiro atoms. The van der Waals surface area contributed by atoms with E-state index in [1.165, 1.54) is 18.4 Å². The number of ether oxygens (including phenoxy) is 1. The van der Waals surface area contributed by atoms with Gasteiger partial charge in [0.05, 0.1) is 13.2 Å². The van der Waals surface area contributed by atoms with Crippen LogP contribution in [0, 0.1) is 6.92 Å². The molecule has 30 heavy (non-hydrogen) atoms. The summed E-state index contributed by atoms with van der Waals surface area (Å²) in [7, 11) is 1.73. The predicted molar refractivity (Wildman–Crippen MR) is 117 cm³/mol. The normalized spacial score (nSPS) is 21.5. The Balaban J connectivity index is 1.45. The molecule has 1 aliphatic heterocycles. The number of aryl methyl sites for hydroxylation is 1. The maximum atomic E-state index is 5.49. The highest BCUT2D eigenvalue weighted by atomic mass is 16.5. The topological polar surface area (TPSA) is 63.2 Å². The summed E-state index contributed by atoms with van der Waals surface area (Å²) in [4.78, 5) is 16.3. The number of nitrogens with zero attached hydrogens (tertiary/aromatic N) is 4. The highest BCUT2D eigenvalue weighted by molar-refractivity contribution is 5.56. The maximum absolute atomic E-state index is 5.49. The Hall–Kier alpha value is -2.99. The van der Waals surface area contributed by atoms with Gasteiger partial charge in [0.15, 0.2) is 5.82 Å². The molecule has 1 saturated carbocycles. The van der Waals surface area contributed by atoms with Gasteiger partial charge in [-0.05, 0) is 56.0 Å². The fraction of sp³-hybridized carbons (Fsp3) is 0.375. The van der Waals surface area contributed by atoms with E-state index in [0.717, 1.165) is 35.8 Å². The van der Waals surface area contributed by atoms with Gasteiger partial charge in [-0.1, -0.05) is 12.1 Å². The van der Waals surface area contributed by atoms with Crippen LogP contribution < -0.4 is 10.1 Å². The average Bonchev–Trinajstić information content (AvgIpc) is 3.54. The Kier molecular flexibility index (Phi) is 5.09.